The summed E-state index contributed by atoms with van der Waals surface area (Å²) in [5.41, 5.74) is 0.873. The molecule has 1 aromatic rings. The second-order valence-electron chi connectivity index (χ2n) is 4.66. The molecule has 0 aliphatic carbocycles. The fraction of sp³-hybridized carbons (Fsp3) is 0.562. The normalized spacial score (nSPS) is 10.7. The number of hydrogen-bond acceptors (Lipinski definition) is 4. The van der Waals surface area contributed by atoms with Gasteiger partial charge in [0.05, 0.1) is 20.8 Å². The zero-order valence-corrected chi connectivity index (χ0v) is 16.7. The molecule has 132 valence electrons. The van der Waals surface area contributed by atoms with E-state index in [-0.39, 0.29) is 24.0 Å². The first kappa shape index (κ1) is 21.8. The number of guanidine groups is 1. The Morgan fingerprint density at radius 2 is 1.87 bits per heavy atom. The summed E-state index contributed by atoms with van der Waals surface area (Å²) in [4.78, 5) is 4.18. The van der Waals surface area contributed by atoms with Gasteiger partial charge in [0, 0.05) is 32.0 Å². The lowest BCUT2D eigenvalue weighted by Crippen LogP contribution is -2.33. The second-order valence-corrected chi connectivity index (χ2v) is 4.66. The number of halogens is 1. The molecule has 6 nitrogen and oxygen atoms in total. The molecule has 0 aromatic heterocycles. The van der Waals surface area contributed by atoms with Crippen LogP contribution in [0.3, 0.4) is 0 Å². The first-order valence-corrected chi connectivity index (χ1v) is 7.52. The molecule has 0 bridgehead atoms. The van der Waals surface area contributed by atoms with Gasteiger partial charge in [0.1, 0.15) is 0 Å². The fourth-order valence-corrected chi connectivity index (χ4v) is 1.82. The van der Waals surface area contributed by atoms with E-state index in [2.05, 4.69) is 22.5 Å². The average Bonchev–Trinajstić information content (AvgIpc) is 2.56. The van der Waals surface area contributed by atoms with Gasteiger partial charge < -0.3 is 24.8 Å². The Morgan fingerprint density at radius 1 is 1.13 bits per heavy atom. The largest absolute Gasteiger partial charge is 0.493 e. The number of unbranched alkanes of at least 4 members (excludes halogenated alkanes) is 1. The van der Waals surface area contributed by atoms with Crippen molar-refractivity contribution in [2.45, 2.75) is 19.8 Å². The highest BCUT2D eigenvalue weighted by atomic mass is 127. The molecule has 0 spiro atoms. The number of ether oxygens (including phenoxy) is 3. The van der Waals surface area contributed by atoms with Crippen LogP contribution in [0.5, 0.6) is 11.5 Å². The molecule has 1 aromatic carbocycles. The molecule has 0 atom stereocenters. The summed E-state index contributed by atoms with van der Waals surface area (Å²) in [5, 5.41) is 6.41. The summed E-state index contributed by atoms with van der Waals surface area (Å²) < 4.78 is 16.0. The van der Waals surface area contributed by atoms with Crippen molar-refractivity contribution in [3.8, 4) is 11.5 Å². The maximum Gasteiger partial charge on any atom is 0.195 e. The number of benzene rings is 1. The lowest BCUT2D eigenvalue weighted by molar-refractivity contribution is 0.136. The smallest absolute Gasteiger partial charge is 0.195 e. The molecular weight excluding hydrogens is 409 g/mol. The van der Waals surface area contributed by atoms with Crippen LogP contribution in [0.25, 0.3) is 0 Å². The predicted octanol–water partition coefficient (Wildman–Crippen LogP) is 3.13. The molecule has 0 aliphatic rings. The van der Waals surface area contributed by atoms with Crippen molar-refractivity contribution in [2.24, 2.45) is 4.99 Å². The Bertz CT molecular complexity index is 470. The van der Waals surface area contributed by atoms with Crippen LogP contribution in [0.2, 0.25) is 0 Å². The topological polar surface area (TPSA) is 64.1 Å². The zero-order valence-electron chi connectivity index (χ0n) is 14.3. The molecule has 23 heavy (non-hydrogen) atoms. The Balaban J connectivity index is 0.00000484. The van der Waals surface area contributed by atoms with E-state index in [0.717, 1.165) is 25.1 Å². The monoisotopic (exact) mass is 437 g/mol. The van der Waals surface area contributed by atoms with E-state index in [4.69, 9.17) is 14.2 Å². The van der Waals surface area contributed by atoms with Crippen LogP contribution >= 0.6 is 24.0 Å². The molecule has 2 N–H and O–H groups in total. The highest BCUT2D eigenvalue weighted by molar-refractivity contribution is 14.0. The summed E-state index contributed by atoms with van der Waals surface area (Å²) in [6.07, 6.45) is 2.24. The van der Waals surface area contributed by atoms with Gasteiger partial charge in [0.2, 0.25) is 0 Å². The SMILES string of the molecule is CCCCOCCNC(=NC)Nc1ccc(OC)c(OC)c1.I. The van der Waals surface area contributed by atoms with Gasteiger partial charge in [-0.15, -0.1) is 24.0 Å². The van der Waals surface area contributed by atoms with Crippen molar-refractivity contribution < 1.29 is 14.2 Å². The Morgan fingerprint density at radius 3 is 2.48 bits per heavy atom. The molecule has 0 radical (unpaired) electrons. The maximum atomic E-state index is 5.50. The second kappa shape index (κ2) is 13.2. The molecule has 0 heterocycles. The van der Waals surface area contributed by atoms with Gasteiger partial charge in [-0.3, -0.25) is 4.99 Å². The van der Waals surface area contributed by atoms with Gasteiger partial charge in [0.25, 0.3) is 0 Å². The molecule has 0 unspecified atom stereocenters. The van der Waals surface area contributed by atoms with Crippen molar-refractivity contribution in [3.05, 3.63) is 18.2 Å². The highest BCUT2D eigenvalue weighted by Gasteiger charge is 2.06. The first-order chi connectivity index (χ1) is 10.7. The molecule has 0 saturated heterocycles. The van der Waals surface area contributed by atoms with Crippen molar-refractivity contribution in [1.82, 2.24) is 5.32 Å². The Kier molecular flexibility index (Phi) is 12.5. The van der Waals surface area contributed by atoms with E-state index in [0.29, 0.717) is 30.6 Å². The van der Waals surface area contributed by atoms with Crippen LogP contribution in [-0.4, -0.2) is 47.0 Å². The third-order valence-electron chi connectivity index (χ3n) is 3.05. The van der Waals surface area contributed by atoms with Gasteiger partial charge in [-0.1, -0.05) is 13.3 Å². The van der Waals surface area contributed by atoms with Crippen molar-refractivity contribution in [1.29, 1.82) is 0 Å². The molecule has 7 heteroatoms. The van der Waals surface area contributed by atoms with E-state index in [1.807, 2.05) is 18.2 Å². The highest BCUT2D eigenvalue weighted by Crippen LogP contribution is 2.29. The van der Waals surface area contributed by atoms with Crippen LogP contribution in [0.4, 0.5) is 5.69 Å². The van der Waals surface area contributed by atoms with Gasteiger partial charge in [-0.05, 0) is 18.6 Å². The van der Waals surface area contributed by atoms with Crippen molar-refractivity contribution in [3.63, 3.8) is 0 Å². The average molecular weight is 437 g/mol. The van der Waals surface area contributed by atoms with Crippen LogP contribution in [0.1, 0.15) is 19.8 Å². The van der Waals surface area contributed by atoms with E-state index < -0.39 is 0 Å². The van der Waals surface area contributed by atoms with Crippen LogP contribution in [-0.2, 0) is 4.74 Å². The summed E-state index contributed by atoms with van der Waals surface area (Å²) in [5.74, 6) is 2.05. The van der Waals surface area contributed by atoms with Crippen molar-refractivity contribution in [2.75, 3.05) is 46.3 Å². The third kappa shape index (κ3) is 8.26. The van der Waals surface area contributed by atoms with Gasteiger partial charge >= 0.3 is 0 Å². The van der Waals surface area contributed by atoms with Gasteiger partial charge in [-0.2, -0.15) is 0 Å². The predicted molar refractivity (Wildman–Crippen MR) is 106 cm³/mol. The number of methoxy groups -OCH3 is 2. The molecular formula is C16H28IN3O3. The quantitative estimate of drug-likeness (QED) is 0.269. The zero-order chi connectivity index (χ0) is 16.2. The lowest BCUT2D eigenvalue weighted by Gasteiger charge is -2.14. The van der Waals surface area contributed by atoms with Gasteiger partial charge in [0.15, 0.2) is 17.5 Å². The summed E-state index contributed by atoms with van der Waals surface area (Å²) in [6.45, 7) is 4.32. The van der Waals surface area contributed by atoms with Gasteiger partial charge in [-0.25, -0.2) is 0 Å². The minimum absolute atomic E-state index is 0. The molecule has 0 aliphatic heterocycles. The minimum Gasteiger partial charge on any atom is -0.493 e. The number of hydrogen-bond donors (Lipinski definition) is 2. The van der Waals surface area contributed by atoms with E-state index >= 15 is 0 Å². The van der Waals surface area contributed by atoms with Crippen molar-refractivity contribution >= 4 is 35.6 Å². The van der Waals surface area contributed by atoms with E-state index in [9.17, 15) is 0 Å². The molecule has 0 fully saturated rings. The fourth-order valence-electron chi connectivity index (χ4n) is 1.82. The molecule has 0 amide bonds. The number of nitrogens with one attached hydrogen (secondary N) is 2. The number of rotatable bonds is 9. The Hall–Kier alpha value is -1.22. The summed E-state index contributed by atoms with van der Waals surface area (Å²) in [6, 6.07) is 5.62. The van der Waals surface area contributed by atoms with E-state index in [1.165, 1.54) is 0 Å². The van der Waals surface area contributed by atoms with Crippen LogP contribution in [0.15, 0.2) is 23.2 Å². The van der Waals surface area contributed by atoms with Crippen LogP contribution < -0.4 is 20.1 Å². The number of nitrogens with zero attached hydrogens (tertiary/aromatic N) is 1. The maximum absolute atomic E-state index is 5.50. The molecule has 0 saturated carbocycles. The lowest BCUT2D eigenvalue weighted by atomic mass is 10.3. The third-order valence-corrected chi connectivity index (χ3v) is 3.05. The number of aliphatic imine (C=N–C) groups is 1. The van der Waals surface area contributed by atoms with E-state index in [1.54, 1.807) is 21.3 Å². The minimum atomic E-state index is 0. The summed E-state index contributed by atoms with van der Waals surface area (Å²) >= 11 is 0. The standard InChI is InChI=1S/C16H27N3O3.HI/c1-5-6-10-22-11-9-18-16(17-2)19-13-7-8-14(20-3)15(12-13)21-4;/h7-8,12H,5-6,9-11H2,1-4H3,(H2,17,18,19);1H. The summed E-state index contributed by atoms with van der Waals surface area (Å²) in [7, 11) is 4.96. The molecule has 1 rings (SSSR count). The Labute approximate surface area is 156 Å². The number of anilines is 1. The first-order valence-electron chi connectivity index (χ1n) is 7.52. The van der Waals surface area contributed by atoms with Crippen LogP contribution in [0, 0.1) is 0 Å².